The van der Waals surface area contributed by atoms with Gasteiger partial charge < -0.3 is 96.0 Å². The molecule has 8 rings (SSSR count). The van der Waals surface area contributed by atoms with Crippen LogP contribution >= 0.6 is 0 Å². The first-order valence-electron chi connectivity index (χ1n) is 25.1. The highest BCUT2D eigenvalue weighted by molar-refractivity contribution is 6.03. The highest BCUT2D eigenvalue weighted by atomic mass is 19.1. The van der Waals surface area contributed by atoms with Crippen LogP contribution in [-0.2, 0) is 68.0 Å². The summed E-state index contributed by atoms with van der Waals surface area (Å²) in [5.41, 5.74) is -2.52. The van der Waals surface area contributed by atoms with Gasteiger partial charge in [0.25, 0.3) is 29.3 Å². The molecular weight excluding hydrogens is 1080 g/mol. The minimum Gasteiger partial charge on any atom is -0.507 e. The van der Waals surface area contributed by atoms with E-state index in [9.17, 15) is 89.3 Å². The van der Waals surface area contributed by atoms with Gasteiger partial charge in [0.1, 0.15) is 30.1 Å². The Balaban J connectivity index is 0.000000234. The van der Waals surface area contributed by atoms with Gasteiger partial charge in [-0.2, -0.15) is 0 Å². The minimum atomic E-state index is -3.84. The van der Waals surface area contributed by atoms with E-state index in [0.29, 0.717) is 69.4 Å². The molecule has 0 bridgehead atoms. The molecule has 0 saturated carbocycles. The van der Waals surface area contributed by atoms with Crippen LogP contribution in [-0.4, -0.2) is 202 Å². The van der Waals surface area contributed by atoms with Crippen LogP contribution in [0.25, 0.3) is 0 Å². The number of aromatic hydroxyl groups is 6. The first kappa shape index (κ1) is 60.6. The molecule has 2 atom stereocenters. The summed E-state index contributed by atoms with van der Waals surface area (Å²) in [6.45, 7) is 1.98. The van der Waals surface area contributed by atoms with E-state index in [1.807, 2.05) is 9.80 Å². The predicted octanol–water partition coefficient (Wildman–Crippen LogP) is -1.26. The van der Waals surface area contributed by atoms with E-state index in [1.165, 1.54) is 43.4 Å². The second-order valence-electron chi connectivity index (χ2n) is 19.2. The summed E-state index contributed by atoms with van der Waals surface area (Å²) < 4.78 is 46.3. The number of phenolic OH excluding ortho intramolecular Hbond substituents is 6. The lowest BCUT2D eigenvalue weighted by molar-refractivity contribution is -0.345. The van der Waals surface area contributed by atoms with Crippen molar-refractivity contribution in [2.24, 2.45) is 0 Å². The number of fused-ring (bicyclic) bond motifs is 2. The molecule has 0 aliphatic carbocycles. The molecule has 81 heavy (non-hydrogen) atoms. The fourth-order valence-corrected chi connectivity index (χ4v) is 9.73. The maximum absolute atomic E-state index is 15.0. The van der Waals surface area contributed by atoms with Crippen LogP contribution in [0, 0.1) is 11.6 Å². The molecule has 2 saturated heterocycles. The van der Waals surface area contributed by atoms with Gasteiger partial charge in [-0.25, -0.2) is 8.78 Å². The average Bonchev–Trinajstić information content (AvgIpc) is 4.24. The number of rotatable bonds is 20. The topological polar surface area (TPSA) is 402 Å². The summed E-state index contributed by atoms with van der Waals surface area (Å²) >= 11 is 0. The first-order valence-corrected chi connectivity index (χ1v) is 25.1. The number of morpholine rings is 2. The lowest BCUT2D eigenvalue weighted by atomic mass is 9.96. The summed E-state index contributed by atoms with van der Waals surface area (Å²) in [5, 5.41) is 122. The number of nitrogens with one attached hydrogen (secondary N) is 3. The SMILES string of the molecule is CNC(=O)C(N1Cc2c(NCc3c(O)c(CN4CCOCC4)c(O)c(O)c3F)cccc2C1=O)C(O)(O)C(O)(O)C=O.CNC(=O)C(O)(CCC=O)N1Cc2c(OCc3c(O)c(CN4CCOCC4)c(O)c(O)c3F)cccc2C1=O. The molecular formula is C52H61F2N7O20. The molecule has 4 aromatic rings. The number of hydrogen-bond acceptors (Lipinski definition) is 23. The Kier molecular flexibility index (Phi) is 18.6. The van der Waals surface area contributed by atoms with E-state index in [-0.39, 0.29) is 71.7 Å². The molecule has 29 heteroatoms. The number of phenols is 6. The number of benzene rings is 4. The number of aliphatic hydroxyl groups is 5. The van der Waals surface area contributed by atoms with Crippen molar-refractivity contribution < 1.29 is 108 Å². The number of amides is 4. The van der Waals surface area contributed by atoms with Crippen molar-refractivity contribution >= 4 is 41.9 Å². The van der Waals surface area contributed by atoms with E-state index in [0.717, 1.165) is 11.9 Å². The smallest absolute Gasteiger partial charge is 0.279 e. The van der Waals surface area contributed by atoms with E-state index < -0.39 is 130 Å². The van der Waals surface area contributed by atoms with Gasteiger partial charge in [-0.05, 0) is 24.3 Å². The number of ether oxygens (including phenoxy) is 3. The summed E-state index contributed by atoms with van der Waals surface area (Å²) in [6, 6.07) is 6.32. The van der Waals surface area contributed by atoms with Crippen LogP contribution < -0.4 is 20.7 Å². The van der Waals surface area contributed by atoms with Crippen LogP contribution in [0.5, 0.6) is 40.2 Å². The molecule has 4 aliphatic heterocycles. The first-order chi connectivity index (χ1) is 38.4. The van der Waals surface area contributed by atoms with E-state index in [2.05, 4.69) is 16.0 Å². The Bertz CT molecular complexity index is 3080. The molecule has 4 aromatic carbocycles. The Morgan fingerprint density at radius 2 is 1.22 bits per heavy atom. The van der Waals surface area contributed by atoms with E-state index in [1.54, 1.807) is 0 Å². The zero-order chi connectivity index (χ0) is 59.3. The third kappa shape index (κ3) is 11.8. The molecule has 2 fully saturated rings. The highest BCUT2D eigenvalue weighted by Gasteiger charge is 2.60. The number of anilines is 1. The average molecular weight is 1140 g/mol. The van der Waals surface area contributed by atoms with Crippen LogP contribution in [0.3, 0.4) is 0 Å². The Hall–Kier alpha value is -8.00. The molecule has 438 valence electrons. The van der Waals surface area contributed by atoms with Gasteiger partial charge in [-0.15, -0.1) is 0 Å². The van der Waals surface area contributed by atoms with Crippen molar-refractivity contribution in [2.75, 3.05) is 72.0 Å². The number of nitrogens with zero attached hydrogens (tertiary/aromatic N) is 4. The monoisotopic (exact) mass is 1140 g/mol. The molecule has 27 nitrogen and oxygen atoms in total. The second kappa shape index (κ2) is 24.8. The van der Waals surface area contributed by atoms with Gasteiger partial charge in [-0.1, -0.05) is 12.1 Å². The third-order valence-electron chi connectivity index (χ3n) is 14.4. The van der Waals surface area contributed by atoms with Gasteiger partial charge in [0.15, 0.2) is 47.0 Å². The quantitative estimate of drug-likeness (QED) is 0.0213. The van der Waals surface area contributed by atoms with Gasteiger partial charge in [0, 0.05) is 107 Å². The molecule has 4 heterocycles. The summed E-state index contributed by atoms with van der Waals surface area (Å²) in [4.78, 5) is 78.8. The highest BCUT2D eigenvalue weighted by Crippen LogP contribution is 2.45. The fraction of sp³-hybridized carbons (Fsp3) is 0.423. The maximum atomic E-state index is 15.0. The molecule has 0 spiro atoms. The van der Waals surface area contributed by atoms with Crippen molar-refractivity contribution in [2.45, 2.75) is 75.5 Å². The molecule has 14 N–H and O–H groups in total. The zero-order valence-corrected chi connectivity index (χ0v) is 43.6. The van der Waals surface area contributed by atoms with Crippen molar-refractivity contribution in [3.63, 3.8) is 0 Å². The van der Waals surface area contributed by atoms with Crippen LogP contribution in [0.1, 0.15) is 66.9 Å². The van der Waals surface area contributed by atoms with E-state index in [4.69, 9.17) is 14.2 Å². The van der Waals surface area contributed by atoms with Gasteiger partial charge in [0.05, 0.1) is 55.2 Å². The fourth-order valence-electron chi connectivity index (χ4n) is 9.73. The number of aldehydes is 2. The standard InChI is InChI=1S/C26H31FN4O11.C26H30FN3O9/c1-28-23(36)22(26(40,41)25(38,39)12-32)31-11-15-13(24(31)37)3-2-4-17(15)29-9-14-18(27)21(35)20(34)16(19(14)33)10-30-5-7-42-8-6-30;1-28-25(36)26(37,6-3-9-31)30-13-16-15(24(30)35)4-2-5-19(16)39-14-18-20(27)23(34)22(33)17(21(18)32)12-29-7-10-38-11-8-29/h2-4,12,22,29,33-35,38-41H,5-11H2,1H3,(H,28,36);2,4-5,9,32-34,37H,3,6-8,10-14H2,1H3,(H,28,36). The van der Waals surface area contributed by atoms with Gasteiger partial charge in [0.2, 0.25) is 11.6 Å². The lowest BCUT2D eigenvalue weighted by Crippen LogP contribution is -2.70. The third-order valence-corrected chi connectivity index (χ3v) is 14.4. The Morgan fingerprint density at radius 3 is 1.75 bits per heavy atom. The number of likely N-dealkylation sites (N-methyl/N-ethyl adjacent to an activating group) is 2. The predicted molar refractivity (Wildman–Crippen MR) is 272 cm³/mol. The van der Waals surface area contributed by atoms with Crippen molar-refractivity contribution in [3.05, 3.63) is 92.5 Å². The molecule has 4 aliphatic rings. The van der Waals surface area contributed by atoms with Crippen molar-refractivity contribution in [1.82, 2.24) is 30.2 Å². The van der Waals surface area contributed by atoms with E-state index >= 15 is 4.39 Å². The molecule has 4 amide bonds. The van der Waals surface area contributed by atoms with Crippen LogP contribution in [0.15, 0.2) is 36.4 Å². The number of hydrogen-bond donors (Lipinski definition) is 14. The number of halogens is 2. The maximum Gasteiger partial charge on any atom is 0.279 e. The number of carbonyl (C=O) groups excluding carboxylic acids is 6. The molecule has 0 aromatic heterocycles. The van der Waals surface area contributed by atoms with Crippen molar-refractivity contribution in [3.8, 4) is 40.2 Å². The zero-order valence-electron chi connectivity index (χ0n) is 43.6. The summed E-state index contributed by atoms with van der Waals surface area (Å²) in [5.74, 6) is -18.7. The largest absolute Gasteiger partial charge is 0.507 e. The second-order valence-corrected chi connectivity index (χ2v) is 19.2. The van der Waals surface area contributed by atoms with Crippen molar-refractivity contribution in [1.29, 1.82) is 0 Å². The molecule has 2 unspecified atom stereocenters. The van der Waals surface area contributed by atoms with Gasteiger partial charge in [-0.3, -0.25) is 38.7 Å². The Labute approximate surface area is 459 Å². The normalized spacial score (nSPS) is 16.9. The molecule has 0 radical (unpaired) electrons. The summed E-state index contributed by atoms with van der Waals surface area (Å²) in [6.07, 6.45) is -0.588. The van der Waals surface area contributed by atoms with Gasteiger partial charge >= 0.3 is 0 Å². The lowest BCUT2D eigenvalue weighted by Gasteiger charge is -2.40. The van der Waals surface area contributed by atoms with Crippen LogP contribution in [0.2, 0.25) is 0 Å². The minimum absolute atomic E-state index is 0.00495. The van der Waals surface area contributed by atoms with Crippen LogP contribution in [0.4, 0.5) is 14.5 Å². The Morgan fingerprint density at radius 1 is 0.691 bits per heavy atom. The summed E-state index contributed by atoms with van der Waals surface area (Å²) in [7, 11) is 2.38. The number of carbonyl (C=O) groups is 6.